The van der Waals surface area contributed by atoms with Gasteiger partial charge < -0.3 is 14.4 Å². The first-order valence-electron chi connectivity index (χ1n) is 13.2. The number of piperidine rings is 1. The molecule has 35 heavy (non-hydrogen) atoms. The van der Waals surface area contributed by atoms with Gasteiger partial charge in [0.2, 0.25) is 0 Å². The van der Waals surface area contributed by atoms with Gasteiger partial charge in [0, 0.05) is 30.7 Å². The van der Waals surface area contributed by atoms with Crippen LogP contribution in [0.5, 0.6) is 5.75 Å². The maximum atomic E-state index is 14.2. The van der Waals surface area contributed by atoms with E-state index in [1.807, 2.05) is 41.3 Å². The second-order valence-corrected chi connectivity index (χ2v) is 10.5. The Balaban J connectivity index is 1.30. The molecule has 1 amide bonds. The third-order valence-corrected chi connectivity index (χ3v) is 8.11. The van der Waals surface area contributed by atoms with Gasteiger partial charge in [0.25, 0.3) is 5.91 Å². The van der Waals surface area contributed by atoms with Gasteiger partial charge in [-0.05, 0) is 69.8 Å². The zero-order chi connectivity index (χ0) is 24.1. The van der Waals surface area contributed by atoms with E-state index in [1.54, 1.807) is 6.07 Å². The molecule has 2 saturated heterocycles. The van der Waals surface area contributed by atoms with Crippen LogP contribution in [-0.4, -0.2) is 61.2 Å². The Morgan fingerprint density at radius 3 is 2.60 bits per heavy atom. The van der Waals surface area contributed by atoms with Crippen molar-refractivity contribution in [1.82, 2.24) is 9.80 Å². The number of para-hydroxylation sites is 1. The standard InChI is InChI=1S/C29H37FN2O3/c30-26-11-3-1-8-23(26)20-31-17-14-29(15-18-31)13-5-6-19-34-21-24-9-7-16-32(24)28(33)25-10-2-4-12-27(25)35-22-29/h1-4,8,10-12,24H,5-7,9,13-22H2/t24-/m0/s1. The molecule has 1 atom stereocenters. The predicted molar refractivity (Wildman–Crippen MR) is 134 cm³/mol. The van der Waals surface area contributed by atoms with Gasteiger partial charge >= 0.3 is 0 Å². The van der Waals surface area contributed by atoms with Gasteiger partial charge in [-0.3, -0.25) is 9.69 Å². The van der Waals surface area contributed by atoms with Gasteiger partial charge in [-0.1, -0.05) is 36.8 Å². The molecule has 188 valence electrons. The van der Waals surface area contributed by atoms with Crippen LogP contribution in [0.1, 0.15) is 60.9 Å². The predicted octanol–water partition coefficient (Wildman–Crippen LogP) is 5.29. The molecule has 2 aromatic rings. The first-order chi connectivity index (χ1) is 17.1. The number of hydrogen-bond acceptors (Lipinski definition) is 4. The van der Waals surface area contributed by atoms with Crippen molar-refractivity contribution in [3.05, 3.63) is 65.5 Å². The molecule has 0 aromatic heterocycles. The summed E-state index contributed by atoms with van der Waals surface area (Å²) in [4.78, 5) is 17.8. The molecule has 5 nitrogen and oxygen atoms in total. The molecule has 0 N–H and O–H groups in total. The maximum Gasteiger partial charge on any atom is 0.257 e. The first-order valence-corrected chi connectivity index (χ1v) is 13.2. The monoisotopic (exact) mass is 480 g/mol. The summed E-state index contributed by atoms with van der Waals surface area (Å²) in [7, 11) is 0. The number of benzene rings is 2. The number of carbonyl (C=O) groups is 1. The van der Waals surface area contributed by atoms with Crippen LogP contribution >= 0.6 is 0 Å². The number of ether oxygens (including phenoxy) is 2. The van der Waals surface area contributed by atoms with Crippen molar-refractivity contribution in [1.29, 1.82) is 0 Å². The fraction of sp³-hybridized carbons (Fsp3) is 0.552. The van der Waals surface area contributed by atoms with Crippen LogP contribution < -0.4 is 4.74 Å². The minimum atomic E-state index is -0.129. The molecular formula is C29H37FN2O3. The van der Waals surface area contributed by atoms with Gasteiger partial charge in [-0.15, -0.1) is 0 Å². The average molecular weight is 481 g/mol. The SMILES string of the molecule is O=C1c2ccccc2OCC2(CCCCOC[C@@H]3CCCN13)CCN(Cc1ccccc1F)CC2. The minimum absolute atomic E-state index is 0.0533. The van der Waals surface area contributed by atoms with E-state index in [0.717, 1.165) is 76.8 Å². The second kappa shape index (κ2) is 11.1. The summed E-state index contributed by atoms with van der Waals surface area (Å²) in [5.41, 5.74) is 1.47. The molecule has 0 saturated carbocycles. The van der Waals surface area contributed by atoms with Crippen molar-refractivity contribution in [3.63, 3.8) is 0 Å². The molecule has 0 bridgehead atoms. The van der Waals surface area contributed by atoms with Crippen LogP contribution in [0.3, 0.4) is 0 Å². The lowest BCUT2D eigenvalue weighted by atomic mass is 9.75. The Bertz CT molecular complexity index is 1000. The quantitative estimate of drug-likeness (QED) is 0.586. The summed E-state index contributed by atoms with van der Waals surface area (Å²) >= 11 is 0. The van der Waals surface area contributed by atoms with Gasteiger partial charge in [0.15, 0.2) is 0 Å². The van der Waals surface area contributed by atoms with E-state index in [2.05, 4.69) is 4.90 Å². The number of carbonyl (C=O) groups excluding carboxylic acids is 1. The van der Waals surface area contributed by atoms with E-state index in [0.29, 0.717) is 31.1 Å². The molecule has 0 aliphatic carbocycles. The summed E-state index contributed by atoms with van der Waals surface area (Å²) in [5, 5.41) is 0. The number of likely N-dealkylation sites (tertiary alicyclic amines) is 1. The van der Waals surface area contributed by atoms with Crippen molar-refractivity contribution in [2.75, 3.05) is 39.5 Å². The lowest BCUT2D eigenvalue weighted by molar-refractivity contribution is 0.0321. The van der Waals surface area contributed by atoms with Crippen LogP contribution in [0, 0.1) is 11.2 Å². The largest absolute Gasteiger partial charge is 0.492 e. The lowest BCUT2D eigenvalue weighted by Crippen LogP contribution is -2.43. The van der Waals surface area contributed by atoms with Gasteiger partial charge in [-0.2, -0.15) is 0 Å². The van der Waals surface area contributed by atoms with E-state index >= 15 is 0 Å². The third-order valence-electron chi connectivity index (χ3n) is 8.11. The van der Waals surface area contributed by atoms with Crippen LogP contribution in [-0.2, 0) is 11.3 Å². The molecule has 3 aliphatic rings. The van der Waals surface area contributed by atoms with Crippen molar-refractivity contribution in [2.24, 2.45) is 5.41 Å². The number of halogens is 1. The van der Waals surface area contributed by atoms with Crippen molar-refractivity contribution in [2.45, 2.75) is 57.5 Å². The van der Waals surface area contributed by atoms with Crippen molar-refractivity contribution in [3.8, 4) is 5.75 Å². The number of nitrogens with zero attached hydrogens (tertiary/aromatic N) is 2. The lowest BCUT2D eigenvalue weighted by Gasteiger charge is -2.42. The molecular weight excluding hydrogens is 443 g/mol. The second-order valence-electron chi connectivity index (χ2n) is 10.5. The Hall–Kier alpha value is -2.44. The summed E-state index contributed by atoms with van der Waals surface area (Å²) < 4.78 is 26.7. The molecule has 0 unspecified atom stereocenters. The number of fused-ring (bicyclic) bond motifs is 2. The summed E-state index contributed by atoms with van der Waals surface area (Å²) in [6.45, 7) is 5.23. The Morgan fingerprint density at radius 2 is 1.74 bits per heavy atom. The Labute approximate surface area is 208 Å². The fourth-order valence-electron chi connectivity index (χ4n) is 5.87. The molecule has 5 rings (SSSR count). The molecule has 1 spiro atoms. The summed E-state index contributed by atoms with van der Waals surface area (Å²) in [5.74, 6) is 0.613. The van der Waals surface area contributed by atoms with Gasteiger partial charge in [0.05, 0.1) is 24.8 Å². The minimum Gasteiger partial charge on any atom is -0.492 e. The van der Waals surface area contributed by atoms with Crippen molar-refractivity contribution >= 4 is 5.91 Å². The number of hydrogen-bond donors (Lipinski definition) is 0. The van der Waals surface area contributed by atoms with Gasteiger partial charge in [-0.25, -0.2) is 4.39 Å². The van der Waals surface area contributed by atoms with Crippen molar-refractivity contribution < 1.29 is 18.7 Å². The van der Waals surface area contributed by atoms with Crippen LogP contribution in [0.2, 0.25) is 0 Å². The molecule has 0 radical (unpaired) electrons. The molecule has 2 fully saturated rings. The molecule has 3 heterocycles. The van der Waals surface area contributed by atoms with Gasteiger partial charge in [0.1, 0.15) is 11.6 Å². The highest BCUT2D eigenvalue weighted by Gasteiger charge is 2.36. The molecule has 2 aromatic carbocycles. The highest BCUT2D eigenvalue weighted by Crippen LogP contribution is 2.38. The fourth-order valence-corrected chi connectivity index (χ4v) is 5.87. The average Bonchev–Trinajstić information content (AvgIpc) is 3.35. The third kappa shape index (κ3) is 5.70. The van der Waals surface area contributed by atoms with Crippen LogP contribution in [0.4, 0.5) is 4.39 Å². The zero-order valence-electron chi connectivity index (χ0n) is 20.6. The molecule has 6 heteroatoms. The van der Waals surface area contributed by atoms with Crippen LogP contribution in [0.15, 0.2) is 48.5 Å². The maximum absolute atomic E-state index is 14.2. The Kier molecular flexibility index (Phi) is 7.69. The summed E-state index contributed by atoms with van der Waals surface area (Å²) in [6.07, 6.45) is 7.24. The first kappa shape index (κ1) is 24.3. The van der Waals surface area contributed by atoms with E-state index in [4.69, 9.17) is 9.47 Å². The normalized spacial score (nSPS) is 23.9. The van der Waals surface area contributed by atoms with Crippen LogP contribution in [0.25, 0.3) is 0 Å². The van der Waals surface area contributed by atoms with E-state index < -0.39 is 0 Å². The Morgan fingerprint density at radius 1 is 0.943 bits per heavy atom. The number of amides is 1. The highest BCUT2D eigenvalue weighted by molar-refractivity contribution is 5.97. The molecule has 3 aliphatic heterocycles. The topological polar surface area (TPSA) is 42.0 Å². The zero-order valence-corrected chi connectivity index (χ0v) is 20.6. The van der Waals surface area contributed by atoms with E-state index in [-0.39, 0.29) is 23.2 Å². The number of rotatable bonds is 2. The smallest absolute Gasteiger partial charge is 0.257 e. The highest BCUT2D eigenvalue weighted by atomic mass is 19.1. The van der Waals surface area contributed by atoms with E-state index in [9.17, 15) is 9.18 Å². The van der Waals surface area contributed by atoms with E-state index in [1.165, 1.54) is 6.07 Å². The summed E-state index contributed by atoms with van der Waals surface area (Å²) in [6, 6.07) is 14.9.